The number of amides is 1. The van der Waals surface area contributed by atoms with Crippen molar-refractivity contribution in [1.29, 1.82) is 0 Å². The van der Waals surface area contributed by atoms with E-state index in [1.165, 1.54) is 4.88 Å². The van der Waals surface area contributed by atoms with Crippen LogP contribution in [0.3, 0.4) is 0 Å². The van der Waals surface area contributed by atoms with Crippen molar-refractivity contribution >= 4 is 47.2 Å². The van der Waals surface area contributed by atoms with E-state index < -0.39 is 0 Å². The number of nitrogens with zero attached hydrogens (tertiary/aromatic N) is 3. The Morgan fingerprint density at radius 1 is 1.21 bits per heavy atom. The zero-order valence-electron chi connectivity index (χ0n) is 17.5. The van der Waals surface area contributed by atoms with Crippen molar-refractivity contribution in [2.75, 3.05) is 26.7 Å². The second kappa shape index (κ2) is 14.3. The van der Waals surface area contributed by atoms with Crippen molar-refractivity contribution in [3.63, 3.8) is 0 Å². The van der Waals surface area contributed by atoms with E-state index in [1.54, 1.807) is 16.2 Å². The van der Waals surface area contributed by atoms with E-state index in [0.717, 1.165) is 35.9 Å². The van der Waals surface area contributed by atoms with Crippen LogP contribution in [0.5, 0.6) is 0 Å². The molecule has 1 aromatic carbocycles. The number of aromatic nitrogens is 1. The monoisotopic (exact) mass is 529 g/mol. The molecule has 1 heterocycles. The summed E-state index contributed by atoms with van der Waals surface area (Å²) in [6.45, 7) is 6.81. The molecule has 0 aliphatic carbocycles. The van der Waals surface area contributed by atoms with Crippen molar-refractivity contribution in [3.8, 4) is 0 Å². The van der Waals surface area contributed by atoms with E-state index in [9.17, 15) is 4.79 Å². The molecule has 6 nitrogen and oxygen atoms in total. The fraction of sp³-hybridized carbons (Fsp3) is 0.476. The lowest BCUT2D eigenvalue weighted by Crippen LogP contribution is -2.39. The third kappa shape index (κ3) is 9.58. The van der Waals surface area contributed by atoms with Crippen LogP contribution in [0.4, 0.5) is 0 Å². The molecule has 1 aromatic heterocycles. The molecule has 0 fully saturated rings. The van der Waals surface area contributed by atoms with Gasteiger partial charge in [0.15, 0.2) is 5.96 Å². The highest BCUT2D eigenvalue weighted by Gasteiger charge is 2.09. The molecule has 29 heavy (non-hydrogen) atoms. The normalized spacial score (nSPS) is 10.9. The van der Waals surface area contributed by atoms with Crippen LogP contribution < -0.4 is 10.6 Å². The van der Waals surface area contributed by atoms with Crippen LogP contribution in [0.25, 0.3) is 0 Å². The van der Waals surface area contributed by atoms with Crippen LogP contribution in [0.2, 0.25) is 0 Å². The zero-order valence-corrected chi connectivity index (χ0v) is 20.6. The number of guanidine groups is 1. The average Bonchev–Trinajstić information content (AvgIpc) is 3.16. The number of carbonyl (C=O) groups excluding carboxylic acids is 1. The van der Waals surface area contributed by atoms with E-state index in [4.69, 9.17) is 0 Å². The first kappa shape index (κ1) is 25.4. The van der Waals surface area contributed by atoms with E-state index >= 15 is 0 Å². The molecule has 8 heteroatoms. The smallest absolute Gasteiger partial charge is 0.224 e. The zero-order chi connectivity index (χ0) is 20.2. The Hall–Kier alpha value is -1.68. The number of hydrogen-bond acceptors (Lipinski definition) is 4. The lowest BCUT2D eigenvalue weighted by Gasteiger charge is -2.18. The number of hydrogen-bond donors (Lipinski definition) is 2. The van der Waals surface area contributed by atoms with Crippen LogP contribution in [0.15, 0.2) is 41.5 Å². The molecule has 0 saturated heterocycles. The summed E-state index contributed by atoms with van der Waals surface area (Å²) in [6.07, 6.45) is 4.24. The Kier molecular flexibility index (Phi) is 12.5. The van der Waals surface area contributed by atoms with Crippen molar-refractivity contribution < 1.29 is 4.79 Å². The molecule has 2 aromatic rings. The average molecular weight is 529 g/mol. The maximum atomic E-state index is 12.3. The van der Waals surface area contributed by atoms with Crippen molar-refractivity contribution in [1.82, 2.24) is 20.5 Å². The van der Waals surface area contributed by atoms with E-state index in [2.05, 4.69) is 27.5 Å². The highest BCUT2D eigenvalue weighted by Crippen LogP contribution is 2.13. The van der Waals surface area contributed by atoms with E-state index in [1.807, 2.05) is 50.5 Å². The topological polar surface area (TPSA) is 69.6 Å². The molecule has 0 spiro atoms. The molecule has 0 saturated carbocycles. The molecular weight excluding hydrogens is 497 g/mol. The molecule has 1 amide bonds. The van der Waals surface area contributed by atoms with Gasteiger partial charge < -0.3 is 15.5 Å². The predicted molar refractivity (Wildman–Crippen MR) is 132 cm³/mol. The Morgan fingerprint density at radius 3 is 2.62 bits per heavy atom. The van der Waals surface area contributed by atoms with Crippen LogP contribution >= 0.6 is 35.3 Å². The predicted octanol–water partition coefficient (Wildman–Crippen LogP) is 3.47. The number of carbonyl (C=O) groups is 1. The second-order valence-corrected chi connectivity index (χ2v) is 7.70. The minimum atomic E-state index is 0. The van der Waals surface area contributed by atoms with Crippen molar-refractivity contribution in [3.05, 3.63) is 52.0 Å². The van der Waals surface area contributed by atoms with Gasteiger partial charge in [0, 0.05) is 57.1 Å². The van der Waals surface area contributed by atoms with Crippen LogP contribution in [0, 0.1) is 0 Å². The van der Waals surface area contributed by atoms with Gasteiger partial charge in [-0.2, -0.15) is 0 Å². The van der Waals surface area contributed by atoms with Crippen LogP contribution in [-0.4, -0.2) is 48.4 Å². The first-order valence-electron chi connectivity index (χ1n) is 9.86. The molecule has 0 bridgehead atoms. The van der Waals surface area contributed by atoms with Gasteiger partial charge in [0.25, 0.3) is 0 Å². The van der Waals surface area contributed by atoms with Gasteiger partial charge in [0.2, 0.25) is 5.91 Å². The first-order valence-corrected chi connectivity index (χ1v) is 10.7. The molecule has 0 aliphatic rings. The number of rotatable bonds is 10. The van der Waals surface area contributed by atoms with Gasteiger partial charge in [-0.1, -0.05) is 37.3 Å². The summed E-state index contributed by atoms with van der Waals surface area (Å²) in [7, 11) is 1.84. The van der Waals surface area contributed by atoms with E-state index in [0.29, 0.717) is 26.1 Å². The summed E-state index contributed by atoms with van der Waals surface area (Å²) in [4.78, 5) is 24.4. The Morgan fingerprint density at radius 2 is 1.97 bits per heavy atom. The van der Waals surface area contributed by atoms with Crippen molar-refractivity contribution in [2.45, 2.75) is 39.7 Å². The van der Waals surface area contributed by atoms with Gasteiger partial charge in [-0.05, 0) is 18.9 Å². The number of halogens is 1. The molecule has 0 radical (unpaired) electrons. The fourth-order valence-corrected chi connectivity index (χ4v) is 3.51. The lowest BCUT2D eigenvalue weighted by atomic mass is 10.2. The third-order valence-electron chi connectivity index (χ3n) is 4.21. The SMILES string of the molecule is CCNC(=NCCc1ncc(CC)s1)NCCC(=O)N(C)Cc1ccccc1.I. The number of benzene rings is 1. The molecule has 0 unspecified atom stereocenters. The molecule has 0 atom stereocenters. The standard InChI is InChI=1S/C21H31N5OS.HI/c1-4-18-15-25-19(28-18)11-13-23-21(22-5-2)24-14-12-20(27)26(3)16-17-9-7-6-8-10-17;/h6-10,15H,4-5,11-14,16H2,1-3H3,(H2,22,23,24);1H. The van der Waals surface area contributed by atoms with Gasteiger partial charge in [-0.3, -0.25) is 9.79 Å². The number of aryl methyl sites for hydroxylation is 1. The maximum absolute atomic E-state index is 12.3. The number of thiazole rings is 1. The number of aliphatic imine (C=N–C) groups is 1. The molecule has 2 rings (SSSR count). The Balaban J connectivity index is 0.00000420. The summed E-state index contributed by atoms with van der Waals surface area (Å²) in [5.41, 5.74) is 1.13. The minimum Gasteiger partial charge on any atom is -0.357 e. The van der Waals surface area contributed by atoms with Gasteiger partial charge >= 0.3 is 0 Å². The summed E-state index contributed by atoms with van der Waals surface area (Å²) >= 11 is 1.75. The second-order valence-electron chi connectivity index (χ2n) is 6.50. The summed E-state index contributed by atoms with van der Waals surface area (Å²) in [5.74, 6) is 0.857. The van der Waals surface area contributed by atoms with Crippen LogP contribution in [-0.2, 0) is 24.2 Å². The minimum absolute atomic E-state index is 0. The third-order valence-corrected chi connectivity index (χ3v) is 5.41. The van der Waals surface area contributed by atoms with E-state index in [-0.39, 0.29) is 29.9 Å². The quantitative estimate of drug-likeness (QED) is 0.281. The maximum Gasteiger partial charge on any atom is 0.224 e. The van der Waals surface area contributed by atoms with Gasteiger partial charge in [-0.25, -0.2) is 4.98 Å². The lowest BCUT2D eigenvalue weighted by molar-refractivity contribution is -0.130. The summed E-state index contributed by atoms with van der Waals surface area (Å²) in [5, 5.41) is 7.59. The number of nitrogens with one attached hydrogen (secondary N) is 2. The molecular formula is C21H32IN5OS. The molecule has 2 N–H and O–H groups in total. The van der Waals surface area contributed by atoms with Crippen molar-refractivity contribution in [2.24, 2.45) is 4.99 Å². The fourth-order valence-electron chi connectivity index (χ4n) is 2.66. The Labute approximate surface area is 195 Å². The van der Waals surface area contributed by atoms with Crippen LogP contribution in [0.1, 0.15) is 35.7 Å². The first-order chi connectivity index (χ1) is 13.6. The van der Waals surface area contributed by atoms with Gasteiger partial charge in [0.1, 0.15) is 0 Å². The largest absolute Gasteiger partial charge is 0.357 e. The van der Waals surface area contributed by atoms with Gasteiger partial charge in [-0.15, -0.1) is 35.3 Å². The highest BCUT2D eigenvalue weighted by molar-refractivity contribution is 14.0. The summed E-state index contributed by atoms with van der Waals surface area (Å²) < 4.78 is 0. The molecule has 160 valence electrons. The van der Waals surface area contributed by atoms with Gasteiger partial charge in [0.05, 0.1) is 5.01 Å². The molecule has 0 aliphatic heterocycles. The highest BCUT2D eigenvalue weighted by atomic mass is 127. The summed E-state index contributed by atoms with van der Waals surface area (Å²) in [6, 6.07) is 10.0. The Bertz CT molecular complexity index is 751.